The lowest BCUT2D eigenvalue weighted by atomic mass is 9.98. The molecule has 0 radical (unpaired) electrons. The van der Waals surface area contributed by atoms with Gasteiger partial charge < -0.3 is 25.4 Å². The third kappa shape index (κ3) is 8.78. The second kappa shape index (κ2) is 12.6. The lowest BCUT2D eigenvalue weighted by Gasteiger charge is -2.15. The number of carboxylic acid groups (broad SMARTS) is 1. The van der Waals surface area contributed by atoms with Crippen molar-refractivity contribution in [3.05, 3.63) is 77.4 Å². The number of aliphatic carboxylic acids is 1. The van der Waals surface area contributed by atoms with Crippen LogP contribution in [0.1, 0.15) is 29.2 Å². The minimum atomic E-state index is -3.56. The van der Waals surface area contributed by atoms with Crippen LogP contribution in [0.2, 0.25) is 0 Å². The summed E-state index contributed by atoms with van der Waals surface area (Å²) in [6, 6.07) is 18.0. The standard InChI is InChI=1S/C27H32N2O7S/c1-18-15-22(9-10-23(18)20-6-3-19(4-7-20)5-12-27(32)33)36-14-13-28-17-26(31)21-8-11-25(30)24(16-21)29-37(2,34)35/h3-4,6-11,15-16,26,28-31H,5,12-14,17H2,1-2H3,(H,32,33)/t26-/m1/s1. The monoisotopic (exact) mass is 528 g/mol. The molecule has 198 valence electrons. The summed E-state index contributed by atoms with van der Waals surface area (Å²) < 4.78 is 30.9. The minimum Gasteiger partial charge on any atom is -0.506 e. The van der Waals surface area contributed by atoms with Gasteiger partial charge in [0.05, 0.1) is 18.0 Å². The number of phenols is 1. The molecule has 10 heteroatoms. The highest BCUT2D eigenvalue weighted by atomic mass is 32.2. The van der Waals surface area contributed by atoms with Gasteiger partial charge in [-0.3, -0.25) is 9.52 Å². The van der Waals surface area contributed by atoms with Crippen LogP contribution in [0.4, 0.5) is 5.69 Å². The average molecular weight is 529 g/mol. The smallest absolute Gasteiger partial charge is 0.303 e. The van der Waals surface area contributed by atoms with Gasteiger partial charge in [-0.1, -0.05) is 36.4 Å². The van der Waals surface area contributed by atoms with E-state index in [9.17, 15) is 23.4 Å². The average Bonchev–Trinajstić information content (AvgIpc) is 2.83. The van der Waals surface area contributed by atoms with E-state index in [1.54, 1.807) is 0 Å². The summed E-state index contributed by atoms with van der Waals surface area (Å²) in [5.74, 6) is -0.314. The number of aliphatic hydroxyl groups is 1. The molecule has 3 aromatic rings. The second-order valence-corrected chi connectivity index (χ2v) is 10.5. The Morgan fingerprint density at radius 2 is 1.78 bits per heavy atom. The molecule has 0 spiro atoms. The zero-order chi connectivity index (χ0) is 27.0. The van der Waals surface area contributed by atoms with Crippen molar-refractivity contribution in [3.8, 4) is 22.6 Å². The Labute approximate surface area is 216 Å². The molecule has 0 aliphatic heterocycles. The van der Waals surface area contributed by atoms with Crippen LogP contribution >= 0.6 is 0 Å². The Balaban J connectivity index is 1.47. The van der Waals surface area contributed by atoms with Gasteiger partial charge in [0.25, 0.3) is 0 Å². The minimum absolute atomic E-state index is 0.00956. The maximum atomic E-state index is 11.4. The summed E-state index contributed by atoms with van der Waals surface area (Å²) in [6.07, 6.45) is 0.690. The van der Waals surface area contributed by atoms with Crippen molar-refractivity contribution < 1.29 is 33.3 Å². The molecule has 0 amide bonds. The summed E-state index contributed by atoms with van der Waals surface area (Å²) in [5, 5.41) is 32.2. The number of carbonyl (C=O) groups is 1. The number of ether oxygens (including phenoxy) is 1. The van der Waals surface area contributed by atoms with Gasteiger partial charge in [-0.2, -0.15) is 0 Å². The Morgan fingerprint density at radius 1 is 1.05 bits per heavy atom. The normalized spacial score (nSPS) is 12.2. The van der Waals surface area contributed by atoms with E-state index in [2.05, 4.69) is 10.0 Å². The van der Waals surface area contributed by atoms with Gasteiger partial charge >= 0.3 is 5.97 Å². The lowest BCUT2D eigenvalue weighted by Crippen LogP contribution is -2.26. The van der Waals surface area contributed by atoms with Crippen LogP contribution in [0, 0.1) is 6.92 Å². The Hall–Kier alpha value is -3.60. The van der Waals surface area contributed by atoms with Crippen molar-refractivity contribution in [2.24, 2.45) is 0 Å². The van der Waals surface area contributed by atoms with Crippen LogP contribution in [0.5, 0.6) is 11.5 Å². The van der Waals surface area contributed by atoms with Gasteiger partial charge in [0.2, 0.25) is 10.0 Å². The molecule has 0 aliphatic carbocycles. The first-order chi connectivity index (χ1) is 17.5. The molecule has 3 rings (SSSR count). The maximum Gasteiger partial charge on any atom is 0.303 e. The molecule has 0 bridgehead atoms. The molecule has 1 atom stereocenters. The number of carboxylic acids is 1. The molecule has 9 nitrogen and oxygen atoms in total. The molecule has 37 heavy (non-hydrogen) atoms. The number of hydrogen-bond donors (Lipinski definition) is 5. The first-order valence-electron chi connectivity index (χ1n) is 11.8. The number of aryl methyl sites for hydroxylation is 2. The van der Waals surface area contributed by atoms with Crippen LogP contribution in [-0.4, -0.2) is 55.7 Å². The number of aliphatic hydroxyl groups excluding tert-OH is 1. The molecule has 0 saturated carbocycles. The fourth-order valence-electron chi connectivity index (χ4n) is 3.79. The molecular weight excluding hydrogens is 496 g/mol. The van der Waals surface area contributed by atoms with E-state index in [1.807, 2.05) is 49.4 Å². The zero-order valence-corrected chi connectivity index (χ0v) is 21.6. The number of hydrogen-bond acceptors (Lipinski definition) is 7. The van der Waals surface area contributed by atoms with Gasteiger partial charge in [-0.15, -0.1) is 0 Å². The maximum absolute atomic E-state index is 11.4. The van der Waals surface area contributed by atoms with Gasteiger partial charge in [0.15, 0.2) is 0 Å². The van der Waals surface area contributed by atoms with Crippen molar-refractivity contribution >= 4 is 21.7 Å². The summed E-state index contributed by atoms with van der Waals surface area (Å²) in [5.41, 5.74) is 4.61. The van der Waals surface area contributed by atoms with Crippen molar-refractivity contribution in [1.82, 2.24) is 5.32 Å². The lowest BCUT2D eigenvalue weighted by molar-refractivity contribution is -0.136. The molecule has 0 unspecified atom stereocenters. The van der Waals surface area contributed by atoms with Gasteiger partial charge in [0, 0.05) is 19.5 Å². The van der Waals surface area contributed by atoms with Gasteiger partial charge in [0.1, 0.15) is 18.1 Å². The number of phenolic OH excluding ortho intramolecular Hbond substituents is 1. The largest absolute Gasteiger partial charge is 0.506 e. The van der Waals surface area contributed by atoms with E-state index in [-0.39, 0.29) is 24.4 Å². The fourth-order valence-corrected chi connectivity index (χ4v) is 4.36. The molecule has 0 saturated heterocycles. The van der Waals surface area contributed by atoms with Crippen LogP contribution < -0.4 is 14.8 Å². The van der Waals surface area contributed by atoms with E-state index >= 15 is 0 Å². The highest BCUT2D eigenvalue weighted by Crippen LogP contribution is 2.28. The van der Waals surface area contributed by atoms with Gasteiger partial charge in [-0.25, -0.2) is 8.42 Å². The second-order valence-electron chi connectivity index (χ2n) is 8.79. The third-order valence-corrected chi connectivity index (χ3v) is 6.27. The topological polar surface area (TPSA) is 145 Å². The van der Waals surface area contributed by atoms with Crippen LogP contribution in [0.15, 0.2) is 60.7 Å². The number of aromatic hydroxyl groups is 1. The molecule has 0 fully saturated rings. The number of benzene rings is 3. The highest BCUT2D eigenvalue weighted by Gasteiger charge is 2.13. The Morgan fingerprint density at radius 3 is 2.43 bits per heavy atom. The number of anilines is 1. The zero-order valence-electron chi connectivity index (χ0n) is 20.8. The van der Waals surface area contributed by atoms with Crippen LogP contribution in [0.3, 0.4) is 0 Å². The number of rotatable bonds is 13. The molecule has 0 aliphatic rings. The van der Waals surface area contributed by atoms with E-state index < -0.39 is 22.1 Å². The molecule has 0 aromatic heterocycles. The summed E-state index contributed by atoms with van der Waals surface area (Å²) in [6.45, 7) is 3.06. The summed E-state index contributed by atoms with van der Waals surface area (Å²) in [7, 11) is -3.56. The van der Waals surface area contributed by atoms with Crippen molar-refractivity contribution in [1.29, 1.82) is 0 Å². The van der Waals surface area contributed by atoms with Gasteiger partial charge in [-0.05, 0) is 65.4 Å². The van der Waals surface area contributed by atoms with Crippen molar-refractivity contribution in [3.63, 3.8) is 0 Å². The quantitative estimate of drug-likeness (QED) is 0.168. The number of sulfonamides is 1. The predicted molar refractivity (Wildman–Crippen MR) is 142 cm³/mol. The molecule has 3 aromatic carbocycles. The summed E-state index contributed by atoms with van der Waals surface area (Å²) >= 11 is 0. The van der Waals surface area contributed by atoms with Crippen LogP contribution in [0.25, 0.3) is 11.1 Å². The molecule has 0 heterocycles. The van der Waals surface area contributed by atoms with Crippen molar-refractivity contribution in [2.75, 3.05) is 30.7 Å². The SMILES string of the molecule is Cc1cc(OCCNC[C@@H](O)c2ccc(O)c(NS(C)(=O)=O)c2)ccc1-c1ccc(CCC(=O)O)cc1. The Kier molecular flexibility index (Phi) is 9.51. The van der Waals surface area contributed by atoms with E-state index in [4.69, 9.17) is 9.84 Å². The van der Waals surface area contributed by atoms with E-state index in [0.717, 1.165) is 34.3 Å². The highest BCUT2D eigenvalue weighted by molar-refractivity contribution is 7.92. The van der Waals surface area contributed by atoms with Crippen molar-refractivity contribution in [2.45, 2.75) is 25.9 Å². The summed E-state index contributed by atoms with van der Waals surface area (Å²) in [4.78, 5) is 10.7. The Bertz CT molecular complexity index is 1330. The first kappa shape index (κ1) is 28.0. The molecule has 5 N–H and O–H groups in total. The predicted octanol–water partition coefficient (Wildman–Crippen LogP) is 3.46. The van der Waals surface area contributed by atoms with E-state index in [1.165, 1.54) is 18.2 Å². The first-order valence-corrected chi connectivity index (χ1v) is 13.6. The van der Waals surface area contributed by atoms with E-state index in [0.29, 0.717) is 25.1 Å². The third-order valence-electron chi connectivity index (χ3n) is 5.68. The van der Waals surface area contributed by atoms with Crippen LogP contribution in [-0.2, 0) is 21.2 Å². The number of nitrogens with one attached hydrogen (secondary N) is 2. The molecular formula is C27H32N2O7S. The fraction of sp³-hybridized carbons (Fsp3) is 0.296.